The van der Waals surface area contributed by atoms with Gasteiger partial charge >= 0.3 is 12.2 Å². The maximum absolute atomic E-state index is 13.8. The molecule has 0 saturated heterocycles. The Morgan fingerprint density at radius 1 is 1.13 bits per heavy atom. The van der Waals surface area contributed by atoms with Crippen LogP contribution < -0.4 is 10.6 Å². The molecule has 0 spiro atoms. The molecule has 0 aliphatic rings. The fourth-order valence-corrected chi connectivity index (χ4v) is 2.06. The first-order valence-electron chi connectivity index (χ1n) is 6.42. The van der Waals surface area contributed by atoms with Crippen LogP contribution in [0.3, 0.4) is 0 Å². The molecule has 0 atom stereocenters. The summed E-state index contributed by atoms with van der Waals surface area (Å²) in [7, 11) is 0. The molecular formula is C15H11ClF4N2O. The van der Waals surface area contributed by atoms with Crippen LogP contribution in [0.15, 0.2) is 42.5 Å². The lowest BCUT2D eigenvalue weighted by molar-refractivity contribution is -0.139. The smallest absolute Gasteiger partial charge is 0.334 e. The van der Waals surface area contributed by atoms with Crippen LogP contribution in [0.25, 0.3) is 0 Å². The highest BCUT2D eigenvalue weighted by Crippen LogP contribution is 2.33. The Morgan fingerprint density at radius 2 is 1.83 bits per heavy atom. The summed E-state index contributed by atoms with van der Waals surface area (Å²) in [5, 5.41) is 4.93. The second kappa shape index (κ2) is 6.87. The van der Waals surface area contributed by atoms with Gasteiger partial charge in [0.1, 0.15) is 0 Å². The standard InChI is InChI=1S/C15H11ClF4N2O/c16-10-4-1-3-9(7-10)8-21-14(23)22-12-6-2-5-11(13(12)17)15(18,19)20/h1-7H,8H2,(H2,21,22,23). The highest BCUT2D eigenvalue weighted by atomic mass is 35.5. The first-order valence-corrected chi connectivity index (χ1v) is 6.80. The molecule has 2 N–H and O–H groups in total. The predicted molar refractivity (Wildman–Crippen MR) is 78.7 cm³/mol. The van der Waals surface area contributed by atoms with Crippen LogP contribution in [-0.4, -0.2) is 6.03 Å². The van der Waals surface area contributed by atoms with Crippen molar-refractivity contribution in [2.45, 2.75) is 12.7 Å². The Bertz CT molecular complexity index is 719. The third kappa shape index (κ3) is 4.59. The number of anilines is 1. The number of benzene rings is 2. The number of rotatable bonds is 3. The van der Waals surface area contributed by atoms with Crippen LogP contribution in [0.1, 0.15) is 11.1 Å². The van der Waals surface area contributed by atoms with Crippen molar-refractivity contribution < 1.29 is 22.4 Å². The molecule has 0 unspecified atom stereocenters. The van der Waals surface area contributed by atoms with Crippen LogP contribution in [0.2, 0.25) is 5.02 Å². The van der Waals surface area contributed by atoms with E-state index in [0.29, 0.717) is 16.7 Å². The lowest BCUT2D eigenvalue weighted by Gasteiger charge is -2.12. The summed E-state index contributed by atoms with van der Waals surface area (Å²) in [6.45, 7) is 0.0903. The van der Waals surface area contributed by atoms with Crippen LogP contribution in [0.4, 0.5) is 28.0 Å². The molecular weight excluding hydrogens is 336 g/mol. The molecule has 2 aromatic carbocycles. The number of urea groups is 1. The maximum Gasteiger partial charge on any atom is 0.419 e. The first-order chi connectivity index (χ1) is 10.8. The van der Waals surface area contributed by atoms with Crippen molar-refractivity contribution in [2.24, 2.45) is 0 Å². The van der Waals surface area contributed by atoms with Gasteiger partial charge in [0, 0.05) is 11.6 Å². The normalized spacial score (nSPS) is 11.2. The van der Waals surface area contributed by atoms with Gasteiger partial charge in [-0.1, -0.05) is 29.8 Å². The van der Waals surface area contributed by atoms with Gasteiger partial charge in [0.25, 0.3) is 0 Å². The molecule has 2 rings (SSSR count). The van der Waals surface area contributed by atoms with E-state index in [4.69, 9.17) is 11.6 Å². The van der Waals surface area contributed by atoms with E-state index in [9.17, 15) is 22.4 Å². The minimum atomic E-state index is -4.83. The highest BCUT2D eigenvalue weighted by Gasteiger charge is 2.35. The van der Waals surface area contributed by atoms with Crippen LogP contribution in [0.5, 0.6) is 0 Å². The minimum Gasteiger partial charge on any atom is -0.334 e. The summed E-state index contributed by atoms with van der Waals surface area (Å²) >= 11 is 5.79. The summed E-state index contributed by atoms with van der Waals surface area (Å²) in [6, 6.07) is 8.49. The van der Waals surface area contributed by atoms with Gasteiger partial charge in [-0.3, -0.25) is 0 Å². The molecule has 2 aromatic rings. The Balaban J connectivity index is 2.03. The lowest BCUT2D eigenvalue weighted by Crippen LogP contribution is -2.28. The molecule has 0 aliphatic carbocycles. The molecule has 0 aromatic heterocycles. The topological polar surface area (TPSA) is 41.1 Å². The van der Waals surface area contributed by atoms with E-state index in [1.165, 1.54) is 0 Å². The fourth-order valence-electron chi connectivity index (χ4n) is 1.84. The largest absolute Gasteiger partial charge is 0.419 e. The predicted octanol–water partition coefficient (Wildman–Crippen LogP) is 4.82. The number of carbonyl (C=O) groups is 1. The van der Waals surface area contributed by atoms with Crippen molar-refractivity contribution in [1.82, 2.24) is 5.32 Å². The van der Waals surface area contributed by atoms with Gasteiger partial charge in [0.2, 0.25) is 0 Å². The number of nitrogens with one attached hydrogen (secondary N) is 2. The summed E-state index contributed by atoms with van der Waals surface area (Å²) in [5.74, 6) is -1.53. The number of alkyl halides is 3. The van der Waals surface area contributed by atoms with Crippen molar-refractivity contribution >= 4 is 23.3 Å². The van der Waals surface area contributed by atoms with E-state index in [0.717, 1.165) is 12.1 Å². The second-order valence-electron chi connectivity index (χ2n) is 4.60. The Morgan fingerprint density at radius 3 is 2.48 bits per heavy atom. The first kappa shape index (κ1) is 17.1. The number of amides is 2. The van der Waals surface area contributed by atoms with Gasteiger partial charge in [0.05, 0.1) is 11.3 Å². The minimum absolute atomic E-state index is 0.0903. The van der Waals surface area contributed by atoms with E-state index in [1.807, 2.05) is 5.32 Å². The summed E-state index contributed by atoms with van der Waals surface area (Å²) in [5.41, 5.74) is -1.30. The molecule has 0 bridgehead atoms. The van der Waals surface area contributed by atoms with Gasteiger partial charge < -0.3 is 10.6 Å². The quantitative estimate of drug-likeness (QED) is 0.769. The molecule has 3 nitrogen and oxygen atoms in total. The van der Waals surface area contributed by atoms with Crippen molar-refractivity contribution in [2.75, 3.05) is 5.32 Å². The summed E-state index contributed by atoms with van der Waals surface area (Å²) in [4.78, 5) is 11.7. The molecule has 0 aliphatic heterocycles. The average molecular weight is 347 g/mol. The highest BCUT2D eigenvalue weighted by molar-refractivity contribution is 6.30. The Hall–Kier alpha value is -2.28. The van der Waals surface area contributed by atoms with E-state index < -0.39 is 29.3 Å². The van der Waals surface area contributed by atoms with Crippen molar-refractivity contribution in [3.8, 4) is 0 Å². The van der Waals surface area contributed by atoms with Gasteiger partial charge in [-0.25, -0.2) is 9.18 Å². The third-order valence-electron chi connectivity index (χ3n) is 2.89. The lowest BCUT2D eigenvalue weighted by atomic mass is 10.2. The Labute approximate surface area is 134 Å². The summed E-state index contributed by atoms with van der Waals surface area (Å²) < 4.78 is 51.5. The molecule has 0 heterocycles. The number of carbonyl (C=O) groups excluding carboxylic acids is 1. The third-order valence-corrected chi connectivity index (χ3v) is 3.13. The number of halogens is 5. The van der Waals surface area contributed by atoms with Crippen LogP contribution in [-0.2, 0) is 12.7 Å². The van der Waals surface area contributed by atoms with Gasteiger partial charge in [-0.2, -0.15) is 13.2 Å². The second-order valence-corrected chi connectivity index (χ2v) is 5.04. The van der Waals surface area contributed by atoms with E-state index in [-0.39, 0.29) is 6.54 Å². The van der Waals surface area contributed by atoms with Crippen LogP contribution >= 0.6 is 11.6 Å². The zero-order valence-corrected chi connectivity index (χ0v) is 12.3. The molecule has 23 heavy (non-hydrogen) atoms. The van der Waals surface area contributed by atoms with E-state index in [1.54, 1.807) is 24.3 Å². The van der Waals surface area contributed by atoms with Gasteiger partial charge in [0.15, 0.2) is 5.82 Å². The fraction of sp³-hybridized carbons (Fsp3) is 0.133. The summed E-state index contributed by atoms with van der Waals surface area (Å²) in [6.07, 6.45) is -4.83. The van der Waals surface area contributed by atoms with Crippen molar-refractivity contribution in [3.63, 3.8) is 0 Å². The molecule has 8 heteroatoms. The maximum atomic E-state index is 13.8. The number of hydrogen-bond acceptors (Lipinski definition) is 1. The zero-order chi connectivity index (χ0) is 17.0. The van der Waals surface area contributed by atoms with E-state index in [2.05, 4.69) is 5.32 Å². The van der Waals surface area contributed by atoms with Crippen molar-refractivity contribution in [1.29, 1.82) is 0 Å². The van der Waals surface area contributed by atoms with E-state index >= 15 is 0 Å². The van der Waals surface area contributed by atoms with Gasteiger partial charge in [-0.05, 0) is 29.8 Å². The van der Waals surface area contributed by atoms with Crippen molar-refractivity contribution in [3.05, 3.63) is 64.4 Å². The zero-order valence-electron chi connectivity index (χ0n) is 11.5. The number of hydrogen-bond donors (Lipinski definition) is 2. The molecule has 122 valence electrons. The molecule has 0 saturated carbocycles. The SMILES string of the molecule is O=C(NCc1cccc(Cl)c1)Nc1cccc(C(F)(F)F)c1F. The monoisotopic (exact) mass is 346 g/mol. The average Bonchev–Trinajstić information content (AvgIpc) is 2.46. The Kier molecular flexibility index (Phi) is 5.10. The van der Waals surface area contributed by atoms with Gasteiger partial charge in [-0.15, -0.1) is 0 Å². The molecule has 0 fully saturated rings. The van der Waals surface area contributed by atoms with Crippen LogP contribution in [0, 0.1) is 5.82 Å². The molecule has 0 radical (unpaired) electrons. The molecule has 2 amide bonds.